The minimum atomic E-state index is -3.23. The van der Waals surface area contributed by atoms with E-state index in [1.807, 2.05) is 6.92 Å². The van der Waals surface area contributed by atoms with Gasteiger partial charge in [-0.15, -0.1) is 0 Å². The number of aliphatic hydroxyl groups excluding tert-OH is 1. The van der Waals surface area contributed by atoms with E-state index in [1.165, 1.54) is 4.31 Å². The number of nitrogens with one attached hydrogen (secondary N) is 1. The maximum absolute atomic E-state index is 12.3. The van der Waals surface area contributed by atoms with E-state index < -0.39 is 16.1 Å². The molecule has 0 aliphatic carbocycles. The van der Waals surface area contributed by atoms with Crippen LogP contribution in [0.25, 0.3) is 0 Å². The van der Waals surface area contributed by atoms with Crippen LogP contribution in [0.15, 0.2) is 0 Å². The Morgan fingerprint density at radius 3 is 2.72 bits per heavy atom. The molecule has 3 unspecified atom stereocenters. The maximum Gasteiger partial charge on any atom is 0.215 e. The van der Waals surface area contributed by atoms with E-state index >= 15 is 0 Å². The van der Waals surface area contributed by atoms with Gasteiger partial charge in [0.25, 0.3) is 0 Å². The zero-order valence-electron chi connectivity index (χ0n) is 11.0. The molecule has 2 rings (SSSR count). The lowest BCUT2D eigenvalue weighted by molar-refractivity contribution is 0.0604. The highest BCUT2D eigenvalue weighted by Crippen LogP contribution is 2.21. The highest BCUT2D eigenvalue weighted by Gasteiger charge is 2.33. The van der Waals surface area contributed by atoms with Crippen LogP contribution in [0.2, 0.25) is 0 Å². The van der Waals surface area contributed by atoms with Crippen molar-refractivity contribution < 1.29 is 13.5 Å². The Labute approximate surface area is 110 Å². The normalized spacial score (nSPS) is 35.6. The molecule has 18 heavy (non-hydrogen) atoms. The zero-order chi connectivity index (χ0) is 13.2. The first-order valence-electron chi connectivity index (χ1n) is 6.88. The minimum Gasteiger partial charge on any atom is -0.391 e. The molecule has 106 valence electrons. The fourth-order valence-corrected chi connectivity index (χ4v) is 4.47. The van der Waals surface area contributed by atoms with Crippen LogP contribution in [0, 0.1) is 5.92 Å². The lowest BCUT2D eigenvalue weighted by atomic mass is 9.98. The summed E-state index contributed by atoms with van der Waals surface area (Å²) in [6, 6.07) is 0.0836. The summed E-state index contributed by atoms with van der Waals surface area (Å²) in [5.41, 5.74) is 0. The van der Waals surface area contributed by atoms with Gasteiger partial charge in [-0.1, -0.05) is 13.3 Å². The molecule has 0 bridgehead atoms. The quantitative estimate of drug-likeness (QED) is 0.770. The first-order valence-corrected chi connectivity index (χ1v) is 8.49. The molecular weight excluding hydrogens is 252 g/mol. The predicted molar refractivity (Wildman–Crippen MR) is 70.8 cm³/mol. The Hall–Kier alpha value is -0.170. The summed E-state index contributed by atoms with van der Waals surface area (Å²) < 4.78 is 26.0. The Balaban J connectivity index is 1.93. The smallest absolute Gasteiger partial charge is 0.215 e. The molecule has 2 N–H and O–H groups in total. The second kappa shape index (κ2) is 5.86. The van der Waals surface area contributed by atoms with Crippen molar-refractivity contribution in [1.82, 2.24) is 9.62 Å². The first-order chi connectivity index (χ1) is 8.49. The molecule has 2 aliphatic rings. The van der Waals surface area contributed by atoms with E-state index in [0.29, 0.717) is 6.54 Å². The van der Waals surface area contributed by atoms with Crippen LogP contribution in [0.1, 0.15) is 32.6 Å². The fraction of sp³-hybridized carbons (Fsp3) is 1.00. The average molecular weight is 276 g/mol. The molecule has 3 atom stereocenters. The van der Waals surface area contributed by atoms with Gasteiger partial charge in [0.05, 0.1) is 11.9 Å². The van der Waals surface area contributed by atoms with E-state index in [4.69, 9.17) is 0 Å². The Morgan fingerprint density at radius 2 is 2.11 bits per heavy atom. The first kappa shape index (κ1) is 14.2. The monoisotopic (exact) mass is 276 g/mol. The molecular formula is C12H24N2O3S. The van der Waals surface area contributed by atoms with Gasteiger partial charge in [-0.25, -0.2) is 8.42 Å². The van der Waals surface area contributed by atoms with Gasteiger partial charge in [0.2, 0.25) is 10.0 Å². The average Bonchev–Trinajstić information content (AvgIpc) is 2.33. The van der Waals surface area contributed by atoms with E-state index in [1.54, 1.807) is 0 Å². The van der Waals surface area contributed by atoms with E-state index in [0.717, 1.165) is 32.2 Å². The van der Waals surface area contributed by atoms with E-state index in [2.05, 4.69) is 5.32 Å². The van der Waals surface area contributed by atoms with Crippen molar-refractivity contribution in [3.63, 3.8) is 0 Å². The van der Waals surface area contributed by atoms with Crippen LogP contribution >= 0.6 is 0 Å². The molecule has 6 heteroatoms. The topological polar surface area (TPSA) is 69.6 Å². The van der Waals surface area contributed by atoms with Crippen LogP contribution < -0.4 is 5.32 Å². The third kappa shape index (κ3) is 3.44. The summed E-state index contributed by atoms with van der Waals surface area (Å²) in [5.74, 6) is 0.373. The summed E-state index contributed by atoms with van der Waals surface area (Å²) in [6.07, 6.45) is 3.40. The van der Waals surface area contributed by atoms with Gasteiger partial charge in [-0.3, -0.25) is 0 Å². The molecule has 0 amide bonds. The summed E-state index contributed by atoms with van der Waals surface area (Å²) in [5, 5.41) is 13.1. The number of piperidine rings is 2. The number of nitrogens with zero attached hydrogens (tertiary/aromatic N) is 1. The number of hydrogen-bond acceptors (Lipinski definition) is 4. The van der Waals surface area contributed by atoms with Gasteiger partial charge < -0.3 is 10.4 Å². The molecule has 0 aromatic rings. The van der Waals surface area contributed by atoms with E-state index in [9.17, 15) is 13.5 Å². The molecule has 2 heterocycles. The molecule has 0 radical (unpaired) electrons. The zero-order valence-corrected chi connectivity index (χ0v) is 11.8. The molecule has 0 saturated carbocycles. The summed E-state index contributed by atoms with van der Waals surface area (Å²) in [6.45, 7) is 3.70. The highest BCUT2D eigenvalue weighted by molar-refractivity contribution is 7.89. The molecule has 0 aromatic heterocycles. The fourth-order valence-electron chi connectivity index (χ4n) is 2.70. The van der Waals surface area contributed by atoms with Crippen molar-refractivity contribution in [3.05, 3.63) is 0 Å². The van der Waals surface area contributed by atoms with Gasteiger partial charge in [0, 0.05) is 19.1 Å². The van der Waals surface area contributed by atoms with Crippen LogP contribution in [0.3, 0.4) is 0 Å². The van der Waals surface area contributed by atoms with Gasteiger partial charge in [-0.2, -0.15) is 4.31 Å². The van der Waals surface area contributed by atoms with Crippen molar-refractivity contribution in [3.8, 4) is 0 Å². The molecule has 2 fully saturated rings. The van der Waals surface area contributed by atoms with Crippen molar-refractivity contribution in [2.75, 3.05) is 25.4 Å². The predicted octanol–water partition coefficient (Wildman–Crippen LogP) is 0.161. The van der Waals surface area contributed by atoms with Crippen LogP contribution in [0.4, 0.5) is 0 Å². The molecule has 0 aromatic carbocycles. The summed E-state index contributed by atoms with van der Waals surface area (Å²) in [4.78, 5) is 0. The van der Waals surface area contributed by atoms with Crippen molar-refractivity contribution in [2.45, 2.75) is 44.8 Å². The standard InChI is InChI=1S/C12H24N2O3S/c1-10-5-7-14(8-12(10)15)18(16,17)9-11-4-2-3-6-13-11/h10-13,15H,2-9H2,1H3. The number of aliphatic hydroxyl groups is 1. The third-order valence-electron chi connectivity index (χ3n) is 4.10. The van der Waals surface area contributed by atoms with Crippen LogP contribution in [0.5, 0.6) is 0 Å². The van der Waals surface area contributed by atoms with Crippen molar-refractivity contribution in [2.24, 2.45) is 5.92 Å². The lowest BCUT2D eigenvalue weighted by Crippen LogP contribution is -2.50. The van der Waals surface area contributed by atoms with Crippen LogP contribution in [-0.2, 0) is 10.0 Å². The van der Waals surface area contributed by atoms with Gasteiger partial charge in [0.15, 0.2) is 0 Å². The molecule has 2 saturated heterocycles. The van der Waals surface area contributed by atoms with Gasteiger partial charge in [0.1, 0.15) is 0 Å². The number of β-amino-alcohol motifs (C(OH)–C–C–N with tert-alkyl or cyclic N) is 1. The number of sulfonamides is 1. The summed E-state index contributed by atoms with van der Waals surface area (Å²) in [7, 11) is -3.23. The largest absolute Gasteiger partial charge is 0.391 e. The minimum absolute atomic E-state index is 0.0836. The Bertz CT molecular complexity index is 366. The van der Waals surface area contributed by atoms with Gasteiger partial charge in [-0.05, 0) is 31.7 Å². The second-order valence-electron chi connectivity index (χ2n) is 5.62. The molecule has 5 nitrogen and oxygen atoms in total. The Morgan fingerprint density at radius 1 is 1.33 bits per heavy atom. The number of rotatable bonds is 3. The second-order valence-corrected chi connectivity index (χ2v) is 7.63. The van der Waals surface area contributed by atoms with Crippen LogP contribution in [-0.4, -0.2) is 55.4 Å². The number of hydrogen-bond donors (Lipinski definition) is 2. The van der Waals surface area contributed by atoms with Gasteiger partial charge >= 0.3 is 0 Å². The van der Waals surface area contributed by atoms with Crippen molar-refractivity contribution >= 4 is 10.0 Å². The molecule has 0 spiro atoms. The Kier molecular flexibility index (Phi) is 4.64. The summed E-state index contributed by atoms with van der Waals surface area (Å²) >= 11 is 0. The maximum atomic E-state index is 12.3. The van der Waals surface area contributed by atoms with E-state index in [-0.39, 0.29) is 24.3 Å². The third-order valence-corrected chi connectivity index (χ3v) is 6.04. The molecule has 2 aliphatic heterocycles. The highest BCUT2D eigenvalue weighted by atomic mass is 32.2. The SMILES string of the molecule is CC1CCN(S(=O)(=O)CC2CCCCN2)CC1O. The van der Waals surface area contributed by atoms with Crippen molar-refractivity contribution in [1.29, 1.82) is 0 Å². The lowest BCUT2D eigenvalue weighted by Gasteiger charge is -2.34.